The normalized spacial score (nSPS) is 19.3. The minimum absolute atomic E-state index is 0.136. The summed E-state index contributed by atoms with van der Waals surface area (Å²) >= 11 is 0. The van der Waals surface area contributed by atoms with Gasteiger partial charge in [0.1, 0.15) is 5.82 Å². The highest BCUT2D eigenvalue weighted by Gasteiger charge is 2.32. The van der Waals surface area contributed by atoms with Crippen molar-refractivity contribution < 1.29 is 9.23 Å². The Morgan fingerprint density at radius 2 is 2.31 bits per heavy atom. The smallest absolute Gasteiger partial charge is 0.128 e. The Labute approximate surface area is 94.9 Å². The van der Waals surface area contributed by atoms with Crippen molar-refractivity contribution in [1.29, 1.82) is 0 Å². The summed E-state index contributed by atoms with van der Waals surface area (Å²) in [5.74, 6) is 4.99. The predicted octanol–water partition coefficient (Wildman–Crippen LogP) is 1.86. The molecule has 16 heavy (non-hydrogen) atoms. The van der Waals surface area contributed by atoms with Crippen molar-refractivity contribution >= 4 is 5.69 Å². The van der Waals surface area contributed by atoms with Crippen LogP contribution in [-0.4, -0.2) is 18.7 Å². The number of hydrogen-bond acceptors (Lipinski definition) is 3. The molecule has 1 aliphatic rings. The third kappa shape index (κ3) is 1.79. The van der Waals surface area contributed by atoms with Gasteiger partial charge in [0.05, 0.1) is 12.6 Å². The van der Waals surface area contributed by atoms with Gasteiger partial charge in [-0.1, -0.05) is 6.07 Å². The van der Waals surface area contributed by atoms with E-state index in [9.17, 15) is 4.39 Å². The number of fused-ring (bicyclic) bond motifs is 1. The summed E-state index contributed by atoms with van der Waals surface area (Å²) < 4.78 is 13.6. The van der Waals surface area contributed by atoms with Crippen molar-refractivity contribution in [2.45, 2.75) is 32.4 Å². The molecule has 0 saturated heterocycles. The molecule has 0 aliphatic carbocycles. The molecule has 0 spiro atoms. The van der Waals surface area contributed by atoms with Crippen LogP contribution in [0.5, 0.6) is 0 Å². The lowest BCUT2D eigenvalue weighted by Gasteiger charge is -2.30. The van der Waals surface area contributed by atoms with Gasteiger partial charge in [0.15, 0.2) is 0 Å². The molecule has 1 heterocycles. The van der Waals surface area contributed by atoms with Gasteiger partial charge < -0.3 is 9.74 Å². The predicted molar refractivity (Wildman–Crippen MR) is 61.6 cm³/mol. The molecule has 1 aliphatic heterocycles. The number of nitrogens with two attached hydrogens (primary N) is 1. The molecule has 2 rings (SSSR count). The van der Waals surface area contributed by atoms with Crippen molar-refractivity contribution in [2.75, 3.05) is 11.5 Å². The van der Waals surface area contributed by atoms with Crippen LogP contribution < -0.4 is 10.8 Å². The fourth-order valence-corrected chi connectivity index (χ4v) is 2.47. The summed E-state index contributed by atoms with van der Waals surface area (Å²) in [6.07, 6.45) is 0.664. The lowest BCUT2D eigenvalue weighted by molar-refractivity contribution is 0.121. The van der Waals surface area contributed by atoms with Crippen LogP contribution in [0.15, 0.2) is 18.2 Å². The molecule has 0 radical (unpaired) electrons. The number of anilines is 1. The fraction of sp³-hybridized carbons (Fsp3) is 0.500. The van der Waals surface area contributed by atoms with Gasteiger partial charge in [-0.15, -0.1) is 0 Å². The lowest BCUT2D eigenvalue weighted by atomic mass is 10.1. The number of halogens is 1. The van der Waals surface area contributed by atoms with Crippen molar-refractivity contribution in [3.8, 4) is 0 Å². The Kier molecular flexibility index (Phi) is 3.12. The molecule has 1 aromatic carbocycles. The average Bonchev–Trinajstić information content (AvgIpc) is 2.58. The maximum absolute atomic E-state index is 13.6. The summed E-state index contributed by atoms with van der Waals surface area (Å²) in [5.41, 5.74) is 1.75. The molecule has 0 amide bonds. The second-order valence-electron chi connectivity index (χ2n) is 4.43. The number of benzene rings is 1. The van der Waals surface area contributed by atoms with E-state index in [4.69, 9.17) is 10.7 Å². The summed E-state index contributed by atoms with van der Waals surface area (Å²) in [6.45, 7) is 4.60. The maximum atomic E-state index is 13.6. The summed E-state index contributed by atoms with van der Waals surface area (Å²) in [6, 6.07) is 5.65. The Morgan fingerprint density at radius 3 is 2.94 bits per heavy atom. The molecule has 1 aromatic rings. The zero-order chi connectivity index (χ0) is 11.7. The van der Waals surface area contributed by atoms with Crippen LogP contribution in [-0.2, 0) is 11.3 Å². The van der Waals surface area contributed by atoms with Gasteiger partial charge in [0.2, 0.25) is 0 Å². The minimum atomic E-state index is -0.136. The largest absolute Gasteiger partial charge is 0.363 e. The lowest BCUT2D eigenvalue weighted by Crippen LogP contribution is -2.41. The molecule has 0 bridgehead atoms. The number of nitrogens with zero attached hydrogens (tertiary/aromatic N) is 1. The number of hydrogen-bond donors (Lipinski definition) is 1. The first kappa shape index (κ1) is 11.4. The molecule has 1 atom stereocenters. The van der Waals surface area contributed by atoms with Crippen LogP contribution in [0.25, 0.3) is 0 Å². The molecule has 1 unspecified atom stereocenters. The fourth-order valence-electron chi connectivity index (χ4n) is 2.47. The zero-order valence-electron chi connectivity index (χ0n) is 9.61. The van der Waals surface area contributed by atoms with E-state index in [0.717, 1.165) is 11.3 Å². The minimum Gasteiger partial charge on any atom is -0.363 e. The zero-order valence-corrected chi connectivity index (χ0v) is 9.61. The van der Waals surface area contributed by atoms with E-state index < -0.39 is 0 Å². The first-order chi connectivity index (χ1) is 7.65. The van der Waals surface area contributed by atoms with Crippen LogP contribution >= 0.6 is 0 Å². The van der Waals surface area contributed by atoms with E-state index in [0.29, 0.717) is 19.1 Å². The van der Waals surface area contributed by atoms with E-state index in [1.165, 1.54) is 6.07 Å². The molecular weight excluding hydrogens is 207 g/mol. The standard InChI is InChI=1S/C12H17FN2O/c1-8(2)15-9(7-16-14)6-10-11(13)4-3-5-12(10)15/h3-5,8-9H,6-7,14H2,1-2H3. The van der Waals surface area contributed by atoms with E-state index in [1.807, 2.05) is 6.07 Å². The SMILES string of the molecule is CC(C)N1c2cccc(F)c2CC1CON. The van der Waals surface area contributed by atoms with Gasteiger partial charge in [0.25, 0.3) is 0 Å². The van der Waals surface area contributed by atoms with Gasteiger partial charge >= 0.3 is 0 Å². The van der Waals surface area contributed by atoms with Crippen LogP contribution in [0.3, 0.4) is 0 Å². The van der Waals surface area contributed by atoms with Crippen molar-refractivity contribution in [3.05, 3.63) is 29.6 Å². The Balaban J connectivity index is 2.37. The van der Waals surface area contributed by atoms with Crippen molar-refractivity contribution in [1.82, 2.24) is 0 Å². The molecule has 3 nitrogen and oxygen atoms in total. The highest BCUT2D eigenvalue weighted by atomic mass is 19.1. The van der Waals surface area contributed by atoms with E-state index in [-0.39, 0.29) is 11.9 Å². The summed E-state index contributed by atoms with van der Waals surface area (Å²) in [7, 11) is 0. The molecule has 0 aromatic heterocycles. The van der Waals surface area contributed by atoms with Crippen LogP contribution in [0.2, 0.25) is 0 Å². The molecule has 0 saturated carbocycles. The third-order valence-corrected chi connectivity index (χ3v) is 3.05. The monoisotopic (exact) mass is 224 g/mol. The maximum Gasteiger partial charge on any atom is 0.128 e. The second-order valence-corrected chi connectivity index (χ2v) is 4.43. The van der Waals surface area contributed by atoms with Crippen molar-refractivity contribution in [3.63, 3.8) is 0 Å². The average molecular weight is 224 g/mol. The Morgan fingerprint density at radius 1 is 1.56 bits per heavy atom. The topological polar surface area (TPSA) is 38.5 Å². The van der Waals surface area contributed by atoms with Crippen LogP contribution in [0.4, 0.5) is 10.1 Å². The summed E-state index contributed by atoms with van der Waals surface area (Å²) in [4.78, 5) is 6.89. The van der Waals surface area contributed by atoms with Crippen LogP contribution in [0, 0.1) is 5.82 Å². The van der Waals surface area contributed by atoms with Gasteiger partial charge in [-0.2, -0.15) is 0 Å². The molecule has 2 N–H and O–H groups in total. The Bertz CT molecular complexity index is 381. The molecule has 0 fully saturated rings. The van der Waals surface area contributed by atoms with Gasteiger partial charge in [0, 0.05) is 23.7 Å². The van der Waals surface area contributed by atoms with E-state index >= 15 is 0 Å². The quantitative estimate of drug-likeness (QED) is 0.796. The first-order valence-corrected chi connectivity index (χ1v) is 5.52. The first-order valence-electron chi connectivity index (χ1n) is 5.52. The van der Waals surface area contributed by atoms with Gasteiger partial charge in [-0.05, 0) is 26.0 Å². The third-order valence-electron chi connectivity index (χ3n) is 3.05. The summed E-state index contributed by atoms with van der Waals surface area (Å²) in [5, 5.41) is 0. The van der Waals surface area contributed by atoms with E-state index in [2.05, 4.69) is 18.7 Å². The van der Waals surface area contributed by atoms with Gasteiger partial charge in [-0.3, -0.25) is 0 Å². The molecular formula is C12H17FN2O. The van der Waals surface area contributed by atoms with Crippen LogP contribution in [0.1, 0.15) is 19.4 Å². The molecule has 88 valence electrons. The Hall–Kier alpha value is -1.13. The second kappa shape index (κ2) is 4.39. The van der Waals surface area contributed by atoms with Gasteiger partial charge in [-0.25, -0.2) is 10.3 Å². The number of rotatable bonds is 3. The highest BCUT2D eigenvalue weighted by Crippen LogP contribution is 2.35. The van der Waals surface area contributed by atoms with Crippen molar-refractivity contribution in [2.24, 2.45) is 5.90 Å². The molecule has 4 heteroatoms. The highest BCUT2D eigenvalue weighted by molar-refractivity contribution is 5.60. The van der Waals surface area contributed by atoms with E-state index in [1.54, 1.807) is 6.07 Å².